The molecular weight excluding hydrogens is 360 g/mol. The van der Waals surface area contributed by atoms with Crippen LogP contribution in [0.15, 0.2) is 71.1 Å². The number of hydrogen-bond donors (Lipinski definition) is 0. The van der Waals surface area contributed by atoms with Crippen molar-refractivity contribution in [1.29, 1.82) is 0 Å². The predicted molar refractivity (Wildman–Crippen MR) is 106 cm³/mol. The van der Waals surface area contributed by atoms with Gasteiger partial charge in [-0.25, -0.2) is 4.98 Å². The van der Waals surface area contributed by atoms with Crippen molar-refractivity contribution in [3.05, 3.63) is 78.3 Å². The average Bonchev–Trinajstić information content (AvgIpc) is 3.34. The highest BCUT2D eigenvalue weighted by Gasteiger charge is 2.22. The number of thiazole rings is 1. The van der Waals surface area contributed by atoms with E-state index in [0.717, 1.165) is 16.0 Å². The van der Waals surface area contributed by atoms with Gasteiger partial charge < -0.3 is 9.15 Å². The second kappa shape index (κ2) is 7.63. The highest BCUT2D eigenvalue weighted by molar-refractivity contribution is 7.22. The van der Waals surface area contributed by atoms with Crippen molar-refractivity contribution >= 4 is 32.6 Å². The van der Waals surface area contributed by atoms with E-state index in [-0.39, 0.29) is 18.3 Å². The Morgan fingerprint density at radius 1 is 1.07 bits per heavy atom. The van der Waals surface area contributed by atoms with Crippen LogP contribution in [0.25, 0.3) is 10.2 Å². The normalized spacial score (nSPS) is 10.9. The Morgan fingerprint density at radius 2 is 1.85 bits per heavy atom. The number of nitrogens with zero attached hydrogens (tertiary/aromatic N) is 2. The molecule has 0 unspecified atom stereocenters. The molecule has 4 aromatic rings. The Morgan fingerprint density at radius 3 is 2.63 bits per heavy atom. The Hall–Kier alpha value is -3.12. The van der Waals surface area contributed by atoms with Crippen LogP contribution in [0.5, 0.6) is 5.75 Å². The van der Waals surface area contributed by atoms with Gasteiger partial charge in [0.25, 0.3) is 5.91 Å². The Bertz CT molecular complexity index is 1020. The van der Waals surface area contributed by atoms with E-state index in [2.05, 4.69) is 4.98 Å². The first kappa shape index (κ1) is 17.3. The molecule has 136 valence electrons. The van der Waals surface area contributed by atoms with E-state index in [9.17, 15) is 4.79 Å². The molecule has 6 heteroatoms. The second-order valence-electron chi connectivity index (χ2n) is 5.88. The molecule has 2 aromatic carbocycles. The van der Waals surface area contributed by atoms with E-state index in [1.807, 2.05) is 61.5 Å². The van der Waals surface area contributed by atoms with Crippen LogP contribution in [-0.2, 0) is 6.61 Å². The molecule has 0 aliphatic heterocycles. The Balaban J connectivity index is 1.50. The topological polar surface area (TPSA) is 55.6 Å². The molecule has 0 aliphatic carbocycles. The van der Waals surface area contributed by atoms with E-state index in [1.165, 1.54) is 11.3 Å². The fraction of sp³-hybridized carbons (Fsp3) is 0.143. The number of para-hydroxylation sites is 2. The number of aromatic nitrogens is 1. The van der Waals surface area contributed by atoms with Crippen LogP contribution < -0.4 is 9.64 Å². The smallest absolute Gasteiger partial charge is 0.295 e. The zero-order valence-corrected chi connectivity index (χ0v) is 15.6. The summed E-state index contributed by atoms with van der Waals surface area (Å²) < 4.78 is 12.4. The lowest BCUT2D eigenvalue weighted by molar-refractivity contribution is 0.0957. The summed E-state index contributed by atoms with van der Waals surface area (Å²) in [7, 11) is 0. The quantitative estimate of drug-likeness (QED) is 0.466. The van der Waals surface area contributed by atoms with E-state index >= 15 is 0 Å². The van der Waals surface area contributed by atoms with E-state index in [4.69, 9.17) is 9.15 Å². The molecule has 0 aliphatic rings. The molecule has 0 atom stereocenters. The minimum Gasteiger partial charge on any atom is -0.486 e. The molecule has 0 radical (unpaired) electrons. The number of fused-ring (bicyclic) bond motifs is 1. The summed E-state index contributed by atoms with van der Waals surface area (Å²) in [5.74, 6) is 1.43. The summed E-state index contributed by atoms with van der Waals surface area (Å²) in [5.41, 5.74) is 0.889. The van der Waals surface area contributed by atoms with Gasteiger partial charge in [0.15, 0.2) is 10.9 Å². The van der Waals surface area contributed by atoms with Crippen LogP contribution in [0.1, 0.15) is 23.2 Å². The molecule has 1 amide bonds. The third-order valence-electron chi connectivity index (χ3n) is 4.07. The number of anilines is 1. The molecule has 4 rings (SSSR count). The SMILES string of the molecule is CCN(C(=O)c1ccc(COc2ccccc2)o1)c1nc2ccccc2s1. The number of rotatable bonds is 6. The number of furan rings is 1. The highest BCUT2D eigenvalue weighted by Crippen LogP contribution is 2.29. The molecule has 0 spiro atoms. The molecule has 0 saturated heterocycles. The zero-order valence-electron chi connectivity index (χ0n) is 14.8. The van der Waals surface area contributed by atoms with Crippen LogP contribution in [-0.4, -0.2) is 17.4 Å². The first-order chi connectivity index (χ1) is 13.2. The van der Waals surface area contributed by atoms with Crippen molar-refractivity contribution in [3.63, 3.8) is 0 Å². The van der Waals surface area contributed by atoms with Crippen molar-refractivity contribution in [3.8, 4) is 5.75 Å². The molecule has 0 bridgehead atoms. The van der Waals surface area contributed by atoms with Crippen LogP contribution in [0.4, 0.5) is 5.13 Å². The molecular formula is C21H18N2O3S. The first-order valence-electron chi connectivity index (χ1n) is 8.68. The lowest BCUT2D eigenvalue weighted by Crippen LogP contribution is -2.30. The van der Waals surface area contributed by atoms with E-state index in [1.54, 1.807) is 17.0 Å². The number of ether oxygens (including phenoxy) is 1. The van der Waals surface area contributed by atoms with E-state index < -0.39 is 0 Å². The fourth-order valence-corrected chi connectivity index (χ4v) is 3.74. The van der Waals surface area contributed by atoms with Gasteiger partial charge in [-0.1, -0.05) is 41.7 Å². The monoisotopic (exact) mass is 378 g/mol. The molecule has 2 heterocycles. The Labute approximate surface area is 160 Å². The molecule has 27 heavy (non-hydrogen) atoms. The van der Waals surface area contributed by atoms with Gasteiger partial charge in [0.2, 0.25) is 0 Å². The maximum Gasteiger partial charge on any atom is 0.295 e. The van der Waals surface area contributed by atoms with Gasteiger partial charge in [0.1, 0.15) is 18.1 Å². The summed E-state index contributed by atoms with van der Waals surface area (Å²) in [6.07, 6.45) is 0. The summed E-state index contributed by atoms with van der Waals surface area (Å²) in [4.78, 5) is 19.1. The molecule has 2 aromatic heterocycles. The number of carbonyl (C=O) groups is 1. The molecule has 5 nitrogen and oxygen atoms in total. The predicted octanol–water partition coefficient (Wildman–Crippen LogP) is 5.14. The number of carbonyl (C=O) groups excluding carboxylic acids is 1. The maximum absolute atomic E-state index is 12.9. The minimum atomic E-state index is -0.206. The van der Waals surface area contributed by atoms with Gasteiger partial charge in [-0.15, -0.1) is 0 Å². The molecule has 0 fully saturated rings. The molecule has 0 saturated carbocycles. The lowest BCUT2D eigenvalue weighted by atomic mass is 10.3. The lowest BCUT2D eigenvalue weighted by Gasteiger charge is -2.15. The molecule has 0 N–H and O–H groups in total. The largest absolute Gasteiger partial charge is 0.486 e. The first-order valence-corrected chi connectivity index (χ1v) is 9.50. The number of amides is 1. The van der Waals surface area contributed by atoms with Gasteiger partial charge in [-0.3, -0.25) is 9.69 Å². The van der Waals surface area contributed by atoms with Crippen molar-refractivity contribution in [2.24, 2.45) is 0 Å². The van der Waals surface area contributed by atoms with Gasteiger partial charge in [-0.05, 0) is 43.3 Å². The third kappa shape index (κ3) is 3.71. The van der Waals surface area contributed by atoms with Crippen molar-refractivity contribution < 1.29 is 13.9 Å². The average molecular weight is 378 g/mol. The maximum atomic E-state index is 12.9. The minimum absolute atomic E-state index is 0.206. The van der Waals surface area contributed by atoms with Crippen LogP contribution in [0.2, 0.25) is 0 Å². The van der Waals surface area contributed by atoms with Crippen LogP contribution in [0, 0.1) is 0 Å². The number of benzene rings is 2. The van der Waals surface area contributed by atoms with Crippen molar-refractivity contribution in [2.75, 3.05) is 11.4 Å². The fourth-order valence-electron chi connectivity index (χ4n) is 2.72. The van der Waals surface area contributed by atoms with Crippen molar-refractivity contribution in [2.45, 2.75) is 13.5 Å². The third-order valence-corrected chi connectivity index (χ3v) is 5.13. The highest BCUT2D eigenvalue weighted by atomic mass is 32.1. The standard InChI is InChI=1S/C21H18N2O3S/c1-2-23(21-22-17-10-6-7-11-19(17)27-21)20(24)18-13-12-16(26-18)14-25-15-8-4-3-5-9-15/h3-13H,2,14H2,1H3. The summed E-state index contributed by atoms with van der Waals surface area (Å²) >= 11 is 1.49. The van der Waals surface area contributed by atoms with Gasteiger partial charge in [-0.2, -0.15) is 0 Å². The van der Waals surface area contributed by atoms with Crippen LogP contribution >= 0.6 is 11.3 Å². The summed E-state index contributed by atoms with van der Waals surface area (Å²) in [6.45, 7) is 2.70. The summed E-state index contributed by atoms with van der Waals surface area (Å²) in [5, 5.41) is 0.669. The number of hydrogen-bond acceptors (Lipinski definition) is 5. The van der Waals surface area contributed by atoms with Crippen molar-refractivity contribution in [1.82, 2.24) is 4.98 Å². The zero-order chi connectivity index (χ0) is 18.6. The Kier molecular flexibility index (Phi) is 4.89. The summed E-state index contributed by atoms with van der Waals surface area (Å²) in [6, 6.07) is 20.8. The van der Waals surface area contributed by atoms with Gasteiger partial charge >= 0.3 is 0 Å². The van der Waals surface area contributed by atoms with Crippen LogP contribution in [0.3, 0.4) is 0 Å². The van der Waals surface area contributed by atoms with Gasteiger partial charge in [0.05, 0.1) is 10.2 Å². The second-order valence-corrected chi connectivity index (χ2v) is 6.89. The van der Waals surface area contributed by atoms with E-state index in [0.29, 0.717) is 17.4 Å². The van der Waals surface area contributed by atoms with Gasteiger partial charge in [0, 0.05) is 6.54 Å².